The Morgan fingerprint density at radius 3 is 2.83 bits per heavy atom. The van der Waals surface area contributed by atoms with Crippen molar-refractivity contribution >= 4 is 0 Å². The molecule has 2 heterocycles. The Morgan fingerprint density at radius 1 is 1.13 bits per heavy atom. The van der Waals surface area contributed by atoms with Crippen LogP contribution in [0.2, 0.25) is 0 Å². The van der Waals surface area contributed by atoms with Gasteiger partial charge in [0.2, 0.25) is 0 Å². The molecule has 0 bridgehead atoms. The third kappa shape index (κ3) is 3.62. The minimum atomic E-state index is 0.686. The maximum atomic E-state index is 5.38. The molecule has 0 unspecified atom stereocenters. The fraction of sp³-hybridized carbons (Fsp3) is 0.500. The van der Waals surface area contributed by atoms with Crippen LogP contribution in [0.3, 0.4) is 0 Å². The monoisotopic (exact) mass is 317 g/mol. The predicted molar refractivity (Wildman–Crippen MR) is 87.2 cm³/mol. The summed E-state index contributed by atoms with van der Waals surface area (Å²) in [7, 11) is 3.26. The van der Waals surface area contributed by atoms with Crippen molar-refractivity contribution in [3.63, 3.8) is 0 Å². The number of aromatic nitrogens is 3. The lowest BCUT2D eigenvalue weighted by atomic mass is 10.2. The number of nitrogens with one attached hydrogen (secondary N) is 1. The van der Waals surface area contributed by atoms with Crippen LogP contribution in [-0.4, -0.2) is 60.3 Å². The third-order valence-electron chi connectivity index (χ3n) is 4.05. The Labute approximate surface area is 136 Å². The van der Waals surface area contributed by atoms with Crippen molar-refractivity contribution < 1.29 is 9.47 Å². The molecule has 2 aromatic rings. The summed E-state index contributed by atoms with van der Waals surface area (Å²) in [6.45, 7) is 5.08. The van der Waals surface area contributed by atoms with E-state index in [0.29, 0.717) is 11.5 Å². The van der Waals surface area contributed by atoms with Crippen LogP contribution in [-0.2, 0) is 6.54 Å². The molecule has 23 heavy (non-hydrogen) atoms. The number of methoxy groups -OCH3 is 2. The van der Waals surface area contributed by atoms with Gasteiger partial charge in [0.15, 0.2) is 11.5 Å². The highest BCUT2D eigenvalue weighted by molar-refractivity contribution is 5.48. The second kappa shape index (κ2) is 7.43. The van der Waals surface area contributed by atoms with Crippen LogP contribution in [0, 0.1) is 0 Å². The van der Waals surface area contributed by atoms with E-state index in [4.69, 9.17) is 9.47 Å². The van der Waals surface area contributed by atoms with Gasteiger partial charge >= 0.3 is 0 Å². The summed E-state index contributed by atoms with van der Waals surface area (Å²) in [5.74, 6) is 1.39. The van der Waals surface area contributed by atoms with Gasteiger partial charge in [-0.05, 0) is 31.6 Å². The molecule has 0 aliphatic carbocycles. The fourth-order valence-corrected chi connectivity index (χ4v) is 2.83. The van der Waals surface area contributed by atoms with E-state index < -0.39 is 0 Å². The van der Waals surface area contributed by atoms with Gasteiger partial charge in [-0.1, -0.05) is 5.21 Å². The predicted octanol–water partition coefficient (Wildman–Crippen LogP) is 1.08. The highest BCUT2D eigenvalue weighted by Gasteiger charge is 2.14. The number of rotatable bonds is 5. The summed E-state index contributed by atoms with van der Waals surface area (Å²) < 4.78 is 12.5. The first kappa shape index (κ1) is 15.8. The van der Waals surface area contributed by atoms with Crippen molar-refractivity contribution in [1.82, 2.24) is 25.2 Å². The number of hydrogen-bond acceptors (Lipinski definition) is 6. The molecule has 0 atom stereocenters. The second-order valence-electron chi connectivity index (χ2n) is 5.56. The van der Waals surface area contributed by atoms with Crippen LogP contribution in [0.1, 0.15) is 12.1 Å². The molecule has 3 rings (SSSR count). The van der Waals surface area contributed by atoms with E-state index >= 15 is 0 Å². The molecule has 7 heteroatoms. The number of ether oxygens (including phenoxy) is 2. The van der Waals surface area contributed by atoms with Gasteiger partial charge < -0.3 is 14.8 Å². The Kier molecular flexibility index (Phi) is 5.09. The van der Waals surface area contributed by atoms with Crippen molar-refractivity contribution in [3.8, 4) is 17.2 Å². The SMILES string of the molecule is COc1ccc(-n2nncc2CN2CCCNCC2)cc1OC. The topological polar surface area (TPSA) is 64.4 Å². The summed E-state index contributed by atoms with van der Waals surface area (Å²) in [6.07, 6.45) is 2.99. The normalized spacial score (nSPS) is 16.1. The van der Waals surface area contributed by atoms with E-state index in [1.165, 1.54) is 0 Å². The van der Waals surface area contributed by atoms with Crippen LogP contribution >= 0.6 is 0 Å². The van der Waals surface area contributed by atoms with Crippen molar-refractivity contribution in [2.24, 2.45) is 0 Å². The van der Waals surface area contributed by atoms with Gasteiger partial charge in [0, 0.05) is 25.7 Å². The van der Waals surface area contributed by atoms with Crippen molar-refractivity contribution in [1.29, 1.82) is 0 Å². The van der Waals surface area contributed by atoms with E-state index in [1.807, 2.05) is 29.1 Å². The van der Waals surface area contributed by atoms with Gasteiger partial charge in [0.05, 0.1) is 31.8 Å². The van der Waals surface area contributed by atoms with Crippen LogP contribution < -0.4 is 14.8 Å². The molecule has 0 saturated carbocycles. The third-order valence-corrected chi connectivity index (χ3v) is 4.05. The van der Waals surface area contributed by atoms with E-state index in [9.17, 15) is 0 Å². The van der Waals surface area contributed by atoms with Crippen molar-refractivity contribution in [2.45, 2.75) is 13.0 Å². The van der Waals surface area contributed by atoms with Gasteiger partial charge in [-0.15, -0.1) is 5.10 Å². The molecule has 0 amide bonds. The van der Waals surface area contributed by atoms with Gasteiger partial charge in [-0.3, -0.25) is 4.90 Å². The first-order valence-electron chi connectivity index (χ1n) is 7.87. The van der Waals surface area contributed by atoms with E-state index in [2.05, 4.69) is 20.5 Å². The lowest BCUT2D eigenvalue weighted by Crippen LogP contribution is -2.28. The summed E-state index contributed by atoms with van der Waals surface area (Å²) in [5.41, 5.74) is 1.99. The Hall–Kier alpha value is -2.12. The van der Waals surface area contributed by atoms with E-state index in [-0.39, 0.29) is 0 Å². The molecule has 1 aromatic heterocycles. The molecule has 7 nitrogen and oxygen atoms in total. The highest BCUT2D eigenvalue weighted by Crippen LogP contribution is 2.29. The molecule has 1 saturated heterocycles. The Bertz CT molecular complexity index is 635. The zero-order valence-electron chi connectivity index (χ0n) is 13.7. The van der Waals surface area contributed by atoms with Crippen molar-refractivity contribution in [3.05, 3.63) is 30.1 Å². The largest absolute Gasteiger partial charge is 0.493 e. The fourth-order valence-electron chi connectivity index (χ4n) is 2.83. The summed E-state index contributed by atoms with van der Waals surface area (Å²) in [6, 6.07) is 5.76. The van der Waals surface area contributed by atoms with Gasteiger partial charge in [-0.2, -0.15) is 0 Å². The molecule has 1 aliphatic heterocycles. The number of benzene rings is 1. The minimum absolute atomic E-state index is 0.686. The van der Waals surface area contributed by atoms with Gasteiger partial charge in [0.1, 0.15) is 0 Å². The standard InChI is InChI=1S/C16H23N5O2/c1-22-15-5-4-13(10-16(15)23-2)21-14(11-18-19-21)12-20-8-3-6-17-7-9-20/h4-5,10-11,17H,3,6-9,12H2,1-2H3. The molecule has 1 N–H and O–H groups in total. The van der Waals surface area contributed by atoms with Crippen LogP contribution in [0.25, 0.3) is 5.69 Å². The molecular formula is C16H23N5O2. The second-order valence-corrected chi connectivity index (χ2v) is 5.56. The Morgan fingerprint density at radius 2 is 2.00 bits per heavy atom. The first-order chi connectivity index (χ1) is 11.3. The molecule has 1 aliphatic rings. The maximum absolute atomic E-state index is 5.38. The molecule has 1 fully saturated rings. The van der Waals surface area contributed by atoms with Gasteiger partial charge in [-0.25, -0.2) is 4.68 Å². The zero-order valence-corrected chi connectivity index (χ0v) is 13.7. The number of nitrogens with zero attached hydrogens (tertiary/aromatic N) is 4. The van der Waals surface area contributed by atoms with E-state index in [0.717, 1.165) is 50.5 Å². The van der Waals surface area contributed by atoms with Gasteiger partial charge in [0.25, 0.3) is 0 Å². The summed E-state index contributed by atoms with van der Waals surface area (Å²) in [5, 5.41) is 11.7. The smallest absolute Gasteiger partial charge is 0.162 e. The average molecular weight is 317 g/mol. The summed E-state index contributed by atoms with van der Waals surface area (Å²) >= 11 is 0. The maximum Gasteiger partial charge on any atom is 0.162 e. The number of hydrogen-bond donors (Lipinski definition) is 1. The highest BCUT2D eigenvalue weighted by atomic mass is 16.5. The molecule has 124 valence electrons. The van der Waals surface area contributed by atoms with E-state index in [1.54, 1.807) is 14.2 Å². The lowest BCUT2D eigenvalue weighted by molar-refractivity contribution is 0.278. The average Bonchev–Trinajstić information content (AvgIpc) is 2.89. The van der Waals surface area contributed by atoms with Crippen LogP contribution in [0.15, 0.2) is 24.4 Å². The summed E-state index contributed by atoms with van der Waals surface area (Å²) in [4.78, 5) is 2.43. The van der Waals surface area contributed by atoms with Crippen LogP contribution in [0.5, 0.6) is 11.5 Å². The minimum Gasteiger partial charge on any atom is -0.493 e. The first-order valence-corrected chi connectivity index (χ1v) is 7.87. The molecular weight excluding hydrogens is 294 g/mol. The quantitative estimate of drug-likeness (QED) is 0.890. The lowest BCUT2D eigenvalue weighted by Gasteiger charge is -2.19. The van der Waals surface area contributed by atoms with Crippen molar-refractivity contribution in [2.75, 3.05) is 40.4 Å². The zero-order chi connectivity index (χ0) is 16.1. The molecule has 0 radical (unpaired) electrons. The molecule has 0 spiro atoms. The molecule has 1 aromatic carbocycles. The Balaban J connectivity index is 1.82. The van der Waals surface area contributed by atoms with Crippen LogP contribution in [0.4, 0.5) is 0 Å².